The Morgan fingerprint density at radius 1 is 1.20 bits per heavy atom. The Bertz CT molecular complexity index is 1540. The molecule has 9 nitrogen and oxygen atoms in total. The predicted octanol–water partition coefficient (Wildman–Crippen LogP) is 3.77. The molecule has 4 aliphatic heterocycles. The maximum absolute atomic E-state index is 14.5. The highest BCUT2D eigenvalue weighted by molar-refractivity contribution is 5.87. The van der Waals surface area contributed by atoms with Crippen LogP contribution in [-0.4, -0.2) is 89.3 Å². The Morgan fingerprint density at radius 2 is 2.11 bits per heavy atom. The van der Waals surface area contributed by atoms with Gasteiger partial charge in [0.05, 0.1) is 36.3 Å². The molecule has 1 saturated carbocycles. The molecule has 230 valence electrons. The number of amides is 1. The van der Waals surface area contributed by atoms with Gasteiger partial charge in [0.15, 0.2) is 0 Å². The molecule has 8 rings (SSSR count). The van der Waals surface area contributed by atoms with Gasteiger partial charge in [-0.15, -0.1) is 0 Å². The highest BCUT2D eigenvalue weighted by Crippen LogP contribution is 2.59. The van der Waals surface area contributed by atoms with Gasteiger partial charge in [-0.25, -0.2) is 4.39 Å². The first-order chi connectivity index (χ1) is 21.5. The van der Waals surface area contributed by atoms with Crippen LogP contribution >= 0.6 is 0 Å². The average Bonchev–Trinajstić information content (AvgIpc) is 3.36. The zero-order chi connectivity index (χ0) is 30.0. The number of ether oxygens (including phenoxy) is 1. The van der Waals surface area contributed by atoms with E-state index in [1.807, 2.05) is 0 Å². The first-order valence-corrected chi connectivity index (χ1v) is 16.3. The second kappa shape index (κ2) is 10.7. The van der Waals surface area contributed by atoms with Crippen molar-refractivity contribution in [2.45, 2.75) is 75.2 Å². The van der Waals surface area contributed by atoms with Crippen LogP contribution in [0.3, 0.4) is 0 Å². The number of alkyl halides is 1. The van der Waals surface area contributed by atoms with Crippen molar-refractivity contribution in [1.29, 1.82) is 5.26 Å². The molecule has 1 aromatic heterocycles. The predicted molar refractivity (Wildman–Crippen MR) is 164 cm³/mol. The summed E-state index contributed by atoms with van der Waals surface area (Å²) in [6.07, 6.45) is 6.53. The first kappa shape index (κ1) is 27.8. The number of hydrogen-bond acceptors (Lipinski definition) is 8. The molecular weight excluding hydrogens is 557 g/mol. The molecule has 5 atom stereocenters. The van der Waals surface area contributed by atoms with Crippen molar-refractivity contribution >= 4 is 17.4 Å². The number of halogens is 1. The third kappa shape index (κ3) is 4.63. The van der Waals surface area contributed by atoms with E-state index < -0.39 is 6.17 Å². The maximum Gasteiger partial charge on any atom is 0.318 e. The van der Waals surface area contributed by atoms with E-state index in [9.17, 15) is 14.4 Å². The van der Waals surface area contributed by atoms with Crippen LogP contribution in [-0.2, 0) is 24.2 Å². The number of benzene rings is 1. The van der Waals surface area contributed by atoms with Crippen LogP contribution in [0.2, 0.25) is 0 Å². The fourth-order valence-corrected chi connectivity index (χ4v) is 8.89. The first-order valence-electron chi connectivity index (χ1n) is 16.3. The van der Waals surface area contributed by atoms with Crippen LogP contribution in [0.25, 0.3) is 0 Å². The quantitative estimate of drug-likeness (QED) is 0.446. The third-order valence-corrected chi connectivity index (χ3v) is 11.1. The molecule has 0 radical (unpaired) electrons. The van der Waals surface area contributed by atoms with Crippen molar-refractivity contribution in [3.63, 3.8) is 0 Å². The number of aromatic nitrogens is 2. The molecule has 44 heavy (non-hydrogen) atoms. The van der Waals surface area contributed by atoms with Gasteiger partial charge in [0.25, 0.3) is 0 Å². The Balaban J connectivity index is 1.12. The van der Waals surface area contributed by atoms with Crippen LogP contribution in [0.1, 0.15) is 60.4 Å². The molecule has 4 fully saturated rings. The molecule has 1 aromatic carbocycles. The van der Waals surface area contributed by atoms with E-state index in [4.69, 9.17) is 14.7 Å². The molecule has 0 bridgehead atoms. The molecular formula is C34H40FN7O2. The zero-order valence-electron chi connectivity index (χ0n) is 25.3. The van der Waals surface area contributed by atoms with Gasteiger partial charge in [-0.3, -0.25) is 9.69 Å². The largest absolute Gasteiger partial charge is 0.461 e. The lowest BCUT2D eigenvalue weighted by Crippen LogP contribution is -2.55. The Hall–Kier alpha value is -3.71. The van der Waals surface area contributed by atoms with E-state index >= 15 is 0 Å². The van der Waals surface area contributed by atoms with Gasteiger partial charge < -0.3 is 19.4 Å². The molecule has 0 N–H and O–H groups in total. The number of nitrogens with zero attached hydrogens (tertiary/aromatic N) is 7. The molecule has 3 saturated heterocycles. The summed E-state index contributed by atoms with van der Waals surface area (Å²) in [5.74, 6) is 2.22. The smallest absolute Gasteiger partial charge is 0.318 e. The average molecular weight is 598 g/mol. The van der Waals surface area contributed by atoms with Crippen molar-refractivity contribution in [2.75, 3.05) is 55.7 Å². The highest BCUT2D eigenvalue weighted by Gasteiger charge is 2.50. The maximum atomic E-state index is 14.5. The van der Waals surface area contributed by atoms with Crippen LogP contribution in [0, 0.1) is 17.2 Å². The summed E-state index contributed by atoms with van der Waals surface area (Å²) in [6.45, 7) is 8.59. The summed E-state index contributed by atoms with van der Waals surface area (Å²) in [7, 11) is 0. The molecule has 2 aromatic rings. The highest BCUT2D eigenvalue weighted by atomic mass is 19.1. The van der Waals surface area contributed by atoms with Gasteiger partial charge in [-0.2, -0.15) is 15.2 Å². The van der Waals surface area contributed by atoms with Crippen molar-refractivity contribution in [1.82, 2.24) is 19.8 Å². The minimum atomic E-state index is -0.822. The van der Waals surface area contributed by atoms with Crippen LogP contribution in [0.4, 0.5) is 15.9 Å². The molecule has 0 spiro atoms. The van der Waals surface area contributed by atoms with Crippen molar-refractivity contribution < 1.29 is 13.9 Å². The normalized spacial score (nSPS) is 30.3. The fraction of sp³-hybridized carbons (Fsp3) is 0.588. The minimum absolute atomic E-state index is 0.148. The van der Waals surface area contributed by atoms with Crippen molar-refractivity contribution in [2.24, 2.45) is 5.92 Å². The molecule has 2 aliphatic carbocycles. The summed E-state index contributed by atoms with van der Waals surface area (Å²) >= 11 is 0. The second-order valence-corrected chi connectivity index (χ2v) is 13.6. The van der Waals surface area contributed by atoms with Crippen molar-refractivity contribution in [3.8, 4) is 12.1 Å². The second-order valence-electron chi connectivity index (χ2n) is 13.6. The van der Waals surface area contributed by atoms with Gasteiger partial charge >= 0.3 is 6.01 Å². The Labute approximate surface area is 258 Å². The molecule has 10 heteroatoms. The van der Waals surface area contributed by atoms with Gasteiger partial charge in [-0.1, -0.05) is 18.7 Å². The summed E-state index contributed by atoms with van der Waals surface area (Å²) in [5.41, 5.74) is 6.18. The summed E-state index contributed by atoms with van der Waals surface area (Å²) < 4.78 is 20.9. The molecule has 6 aliphatic rings. The standard InChI is InChI=1S/C34H40FN7O2/c1-2-30(43)42-14-13-40(19-25(42)7-10-36)32-26-8-12-39(29-6-3-5-22-15-23-16-27(23)31(22)29)20-28(26)37-33(38-32)44-21-34-9-4-11-41(34)18-24(35)17-34/h2-3,5-6,23-25,27H,1,4,7-9,11-21H2/t23?,24-,25+,27?,34+/m1/s1. The zero-order valence-corrected chi connectivity index (χ0v) is 25.3. The van der Waals surface area contributed by atoms with E-state index in [0.717, 1.165) is 55.3 Å². The number of carbonyl (C=O) groups excluding carboxylic acids is 1. The van der Waals surface area contributed by atoms with E-state index in [2.05, 4.69) is 45.5 Å². The fourth-order valence-electron chi connectivity index (χ4n) is 8.89. The van der Waals surface area contributed by atoms with Gasteiger partial charge in [0.2, 0.25) is 5.91 Å². The van der Waals surface area contributed by atoms with Crippen molar-refractivity contribution in [3.05, 3.63) is 53.2 Å². The number of carbonyl (C=O) groups is 1. The lowest BCUT2D eigenvalue weighted by atomic mass is 9.95. The van der Waals surface area contributed by atoms with E-state index in [1.165, 1.54) is 35.7 Å². The Kier molecular flexibility index (Phi) is 6.78. The Morgan fingerprint density at radius 3 is 2.98 bits per heavy atom. The third-order valence-electron chi connectivity index (χ3n) is 11.1. The van der Waals surface area contributed by atoms with Crippen LogP contribution in [0.15, 0.2) is 30.9 Å². The molecule has 2 unspecified atom stereocenters. The summed E-state index contributed by atoms with van der Waals surface area (Å²) in [4.78, 5) is 31.3. The van der Waals surface area contributed by atoms with Crippen LogP contribution in [0.5, 0.6) is 6.01 Å². The number of nitriles is 1. The van der Waals surface area contributed by atoms with E-state index in [0.29, 0.717) is 57.7 Å². The number of anilines is 2. The van der Waals surface area contributed by atoms with Gasteiger partial charge in [0.1, 0.15) is 18.6 Å². The number of hydrogen-bond donors (Lipinski definition) is 0. The number of fused-ring (bicyclic) bond motifs is 5. The monoisotopic (exact) mass is 597 g/mol. The molecule has 1 amide bonds. The lowest BCUT2D eigenvalue weighted by molar-refractivity contribution is -0.128. The van der Waals surface area contributed by atoms with E-state index in [1.54, 1.807) is 4.90 Å². The lowest BCUT2D eigenvalue weighted by Gasteiger charge is -2.42. The summed E-state index contributed by atoms with van der Waals surface area (Å²) in [5, 5.41) is 9.56. The van der Waals surface area contributed by atoms with Gasteiger partial charge in [-0.05, 0) is 73.8 Å². The SMILES string of the molecule is C=CC(=O)N1CCN(c2nc(OC[C@@]34CCCN3C[C@H](F)C4)nc3c2CCN(c2cccc4c2C2CC2C4)C3)C[C@@H]1CC#N. The topological polar surface area (TPSA) is 88.8 Å². The number of piperazine rings is 1. The van der Waals surface area contributed by atoms with E-state index in [-0.39, 0.29) is 23.9 Å². The minimum Gasteiger partial charge on any atom is -0.461 e. The summed E-state index contributed by atoms with van der Waals surface area (Å²) in [6, 6.07) is 9.11. The van der Waals surface area contributed by atoms with Crippen LogP contribution < -0.4 is 14.5 Å². The molecule has 5 heterocycles. The number of rotatable bonds is 7. The van der Waals surface area contributed by atoms with Gasteiger partial charge in [0, 0.05) is 50.4 Å².